The quantitative estimate of drug-likeness (QED) is 0.782. The lowest BCUT2D eigenvalue weighted by molar-refractivity contribution is 0.0220. The van der Waals surface area contributed by atoms with Gasteiger partial charge in [-0.3, -0.25) is 4.90 Å². The average molecular weight is 401 g/mol. The molecule has 5 nitrogen and oxygen atoms in total. The summed E-state index contributed by atoms with van der Waals surface area (Å²) in [6.07, 6.45) is 4.12. The van der Waals surface area contributed by atoms with Crippen LogP contribution in [0.25, 0.3) is 0 Å². The molecule has 2 saturated heterocycles. The Hall–Kier alpha value is -0.820. The maximum absolute atomic E-state index is 12.6. The van der Waals surface area contributed by atoms with E-state index in [9.17, 15) is 8.42 Å². The first-order valence-electron chi connectivity index (χ1n) is 9.44. The Morgan fingerprint density at radius 3 is 2.81 bits per heavy atom. The summed E-state index contributed by atoms with van der Waals surface area (Å²) < 4.78 is 32.4. The van der Waals surface area contributed by atoms with Crippen molar-refractivity contribution in [3.63, 3.8) is 0 Å². The zero-order chi connectivity index (χ0) is 17.6. The van der Waals surface area contributed by atoms with Crippen LogP contribution in [0.2, 0.25) is 0 Å². The molecule has 7 heteroatoms. The van der Waals surface area contributed by atoms with E-state index in [1.54, 1.807) is 14.0 Å². The van der Waals surface area contributed by atoms with Gasteiger partial charge in [0.2, 0.25) is 10.0 Å². The number of halogens is 1. The van der Waals surface area contributed by atoms with E-state index in [-0.39, 0.29) is 24.2 Å². The fourth-order valence-electron chi connectivity index (χ4n) is 5.03. The zero-order valence-corrected chi connectivity index (χ0v) is 17.2. The Kier molecular flexibility index (Phi) is 5.87. The van der Waals surface area contributed by atoms with Crippen molar-refractivity contribution < 1.29 is 13.2 Å². The highest BCUT2D eigenvalue weighted by Crippen LogP contribution is 2.44. The van der Waals surface area contributed by atoms with Crippen LogP contribution in [-0.2, 0) is 16.4 Å². The molecule has 3 unspecified atom stereocenters. The molecule has 0 spiro atoms. The van der Waals surface area contributed by atoms with Gasteiger partial charge in [0, 0.05) is 31.7 Å². The molecule has 0 radical (unpaired) electrons. The van der Waals surface area contributed by atoms with Crippen LogP contribution in [-0.4, -0.2) is 56.2 Å². The smallest absolute Gasteiger partial charge is 0.214 e. The summed E-state index contributed by atoms with van der Waals surface area (Å²) in [5.41, 5.74) is 2.73. The van der Waals surface area contributed by atoms with Gasteiger partial charge in [-0.1, -0.05) is 6.07 Å². The Bertz CT molecular complexity index is 755. The molecule has 0 amide bonds. The van der Waals surface area contributed by atoms with Crippen molar-refractivity contribution in [3.05, 3.63) is 29.3 Å². The van der Waals surface area contributed by atoms with Crippen LogP contribution in [0.4, 0.5) is 0 Å². The molecule has 26 heavy (non-hydrogen) atoms. The fourth-order valence-corrected chi connectivity index (χ4v) is 6.44. The second kappa shape index (κ2) is 7.66. The van der Waals surface area contributed by atoms with Crippen molar-refractivity contribution >= 4 is 22.4 Å². The van der Waals surface area contributed by atoms with Gasteiger partial charge in [0.1, 0.15) is 5.75 Å². The number of sulfonamides is 1. The molecule has 4 rings (SSSR count). The summed E-state index contributed by atoms with van der Waals surface area (Å²) >= 11 is 0. The molecule has 3 aliphatic rings. The Morgan fingerprint density at radius 1 is 1.27 bits per heavy atom. The first kappa shape index (κ1) is 19.9. The maximum atomic E-state index is 12.6. The number of piperidine rings is 2. The van der Waals surface area contributed by atoms with Gasteiger partial charge in [0.15, 0.2) is 0 Å². The molecule has 3 atom stereocenters. The van der Waals surface area contributed by atoms with Crippen molar-refractivity contribution in [2.45, 2.75) is 44.7 Å². The number of ether oxygens (including phenoxy) is 1. The van der Waals surface area contributed by atoms with Crippen LogP contribution in [0.5, 0.6) is 5.75 Å². The van der Waals surface area contributed by atoms with Crippen molar-refractivity contribution in [1.82, 2.24) is 9.21 Å². The van der Waals surface area contributed by atoms with Crippen LogP contribution in [0.3, 0.4) is 0 Å². The topological polar surface area (TPSA) is 49.9 Å². The monoisotopic (exact) mass is 400 g/mol. The van der Waals surface area contributed by atoms with Gasteiger partial charge in [0.05, 0.1) is 12.9 Å². The molecular weight excluding hydrogens is 372 g/mol. The molecule has 2 fully saturated rings. The highest BCUT2D eigenvalue weighted by atomic mass is 35.5. The van der Waals surface area contributed by atoms with Gasteiger partial charge in [-0.2, -0.15) is 4.31 Å². The van der Waals surface area contributed by atoms with Gasteiger partial charge in [-0.15, -0.1) is 12.4 Å². The Morgan fingerprint density at radius 2 is 2.08 bits per heavy atom. The standard InChI is InChI=1S/C19H28N2O3S.ClH/c1-3-25(22,23)21-9-4-5-15-13-20-10-8-14-11-16(24-2)6-7-17(14)19(20)12-18(15)21;/h6-7,11,15,18-19H,3-5,8-10,12-13H2,1-2H3;1H. The molecule has 1 aromatic rings. The predicted octanol–water partition coefficient (Wildman–Crippen LogP) is 2.85. The number of hydrogen-bond acceptors (Lipinski definition) is 4. The second-order valence-corrected chi connectivity index (χ2v) is 9.75. The van der Waals surface area contributed by atoms with Crippen LogP contribution in [0.15, 0.2) is 18.2 Å². The van der Waals surface area contributed by atoms with E-state index in [0.29, 0.717) is 18.5 Å². The number of fused-ring (bicyclic) bond motifs is 4. The predicted molar refractivity (Wildman–Crippen MR) is 106 cm³/mol. The third-order valence-electron chi connectivity index (χ3n) is 6.34. The van der Waals surface area contributed by atoms with Crippen molar-refractivity contribution in [1.29, 1.82) is 0 Å². The van der Waals surface area contributed by atoms with E-state index in [0.717, 1.165) is 44.5 Å². The maximum Gasteiger partial charge on any atom is 0.214 e. The molecule has 0 aliphatic carbocycles. The second-order valence-electron chi connectivity index (χ2n) is 7.54. The van der Waals surface area contributed by atoms with Crippen LogP contribution in [0.1, 0.15) is 43.4 Å². The van der Waals surface area contributed by atoms with Crippen LogP contribution in [0, 0.1) is 5.92 Å². The molecule has 0 N–H and O–H groups in total. The summed E-state index contributed by atoms with van der Waals surface area (Å²) in [4.78, 5) is 2.58. The normalized spacial score (nSPS) is 29.1. The van der Waals surface area contributed by atoms with Crippen molar-refractivity contribution in [2.24, 2.45) is 5.92 Å². The van der Waals surface area contributed by atoms with Crippen LogP contribution < -0.4 is 4.74 Å². The summed E-state index contributed by atoms with van der Waals surface area (Å²) in [5, 5.41) is 0. The van der Waals surface area contributed by atoms with Gasteiger partial charge in [-0.05, 0) is 61.8 Å². The van der Waals surface area contributed by atoms with E-state index in [1.807, 2.05) is 10.4 Å². The number of rotatable bonds is 3. The summed E-state index contributed by atoms with van der Waals surface area (Å²) in [5.74, 6) is 1.60. The molecule has 3 aliphatic heterocycles. The van der Waals surface area contributed by atoms with Crippen LogP contribution >= 0.6 is 12.4 Å². The minimum atomic E-state index is -3.12. The lowest BCUT2D eigenvalue weighted by Crippen LogP contribution is -2.57. The van der Waals surface area contributed by atoms with Gasteiger partial charge in [0.25, 0.3) is 0 Å². The van der Waals surface area contributed by atoms with Gasteiger partial charge >= 0.3 is 0 Å². The van der Waals surface area contributed by atoms with Crippen molar-refractivity contribution in [3.8, 4) is 5.75 Å². The summed E-state index contributed by atoms with van der Waals surface area (Å²) in [6, 6.07) is 6.87. The fraction of sp³-hybridized carbons (Fsp3) is 0.684. The first-order chi connectivity index (χ1) is 12.0. The molecule has 146 valence electrons. The van der Waals surface area contributed by atoms with E-state index >= 15 is 0 Å². The molecule has 0 saturated carbocycles. The highest BCUT2D eigenvalue weighted by molar-refractivity contribution is 7.89. The number of methoxy groups -OCH3 is 1. The van der Waals surface area contributed by atoms with E-state index in [1.165, 1.54) is 11.1 Å². The number of hydrogen-bond donors (Lipinski definition) is 0. The Labute approximate surface area is 163 Å². The molecule has 3 heterocycles. The van der Waals surface area contributed by atoms with E-state index in [4.69, 9.17) is 4.74 Å². The molecule has 1 aromatic carbocycles. The zero-order valence-electron chi connectivity index (χ0n) is 15.6. The lowest BCUT2D eigenvalue weighted by Gasteiger charge is -2.51. The van der Waals surface area contributed by atoms with E-state index < -0.39 is 10.0 Å². The molecule has 0 bridgehead atoms. The lowest BCUT2D eigenvalue weighted by atomic mass is 9.77. The summed E-state index contributed by atoms with van der Waals surface area (Å²) in [6.45, 7) is 4.54. The SMILES string of the molecule is CCS(=O)(=O)N1CCCC2CN3CCc4cc(OC)ccc4C3CC21.Cl. The van der Waals surface area contributed by atoms with Gasteiger partial charge < -0.3 is 4.74 Å². The number of nitrogens with zero attached hydrogens (tertiary/aromatic N) is 2. The Balaban J connectivity index is 0.00000196. The number of benzene rings is 1. The van der Waals surface area contributed by atoms with E-state index in [2.05, 4.69) is 17.0 Å². The largest absolute Gasteiger partial charge is 0.497 e. The molecule has 0 aromatic heterocycles. The average Bonchev–Trinajstić information content (AvgIpc) is 2.65. The molecular formula is C19H29ClN2O3S. The van der Waals surface area contributed by atoms with Crippen molar-refractivity contribution in [2.75, 3.05) is 32.5 Å². The first-order valence-corrected chi connectivity index (χ1v) is 11.0. The summed E-state index contributed by atoms with van der Waals surface area (Å²) in [7, 11) is -1.42. The third kappa shape index (κ3) is 3.37. The highest BCUT2D eigenvalue weighted by Gasteiger charge is 2.45. The third-order valence-corrected chi connectivity index (χ3v) is 8.24. The van der Waals surface area contributed by atoms with Gasteiger partial charge in [-0.25, -0.2) is 8.42 Å². The minimum absolute atomic E-state index is 0. The minimum Gasteiger partial charge on any atom is -0.497 e.